The Hall–Kier alpha value is -0.770. The highest BCUT2D eigenvalue weighted by Crippen LogP contribution is 2.05. The standard InChI is InChI=1S/C4H7ClN2O2/c1-3(6-2)4(5)7(8)9/h6H,1-2H3/b4-3+. The summed E-state index contributed by atoms with van der Waals surface area (Å²) in [6.45, 7) is 1.53. The zero-order chi connectivity index (χ0) is 7.44. The summed E-state index contributed by atoms with van der Waals surface area (Å²) in [6.07, 6.45) is 0. The molecular formula is C4H7ClN2O2. The smallest absolute Gasteiger partial charge is 0.355 e. The average molecular weight is 151 g/mol. The third-order valence-corrected chi connectivity index (χ3v) is 1.27. The van der Waals surface area contributed by atoms with E-state index in [1.165, 1.54) is 6.92 Å². The molecule has 4 nitrogen and oxygen atoms in total. The van der Waals surface area contributed by atoms with Crippen molar-refractivity contribution in [3.63, 3.8) is 0 Å². The van der Waals surface area contributed by atoms with Crippen LogP contribution in [0.1, 0.15) is 6.92 Å². The molecule has 0 amide bonds. The number of nitrogens with one attached hydrogen (secondary N) is 1. The lowest BCUT2D eigenvalue weighted by Crippen LogP contribution is -2.07. The van der Waals surface area contributed by atoms with E-state index in [2.05, 4.69) is 5.32 Å². The SMILES string of the molecule is CN/C(C)=C(\Cl)[N+](=O)[O-]. The van der Waals surface area contributed by atoms with Gasteiger partial charge in [-0.3, -0.25) is 10.1 Å². The second-order valence-corrected chi connectivity index (χ2v) is 1.78. The minimum Gasteiger partial charge on any atom is -0.385 e. The van der Waals surface area contributed by atoms with Gasteiger partial charge in [-0.1, -0.05) is 0 Å². The van der Waals surface area contributed by atoms with E-state index in [4.69, 9.17) is 11.6 Å². The van der Waals surface area contributed by atoms with Gasteiger partial charge >= 0.3 is 5.16 Å². The zero-order valence-electron chi connectivity index (χ0n) is 5.14. The second kappa shape index (κ2) is 3.29. The summed E-state index contributed by atoms with van der Waals surface area (Å²) in [7, 11) is 1.57. The van der Waals surface area contributed by atoms with Crippen molar-refractivity contribution in [3.8, 4) is 0 Å². The Labute approximate surface area is 57.7 Å². The molecule has 0 aromatic heterocycles. The molecule has 0 unspecified atom stereocenters. The van der Waals surface area contributed by atoms with Crippen molar-refractivity contribution in [3.05, 3.63) is 21.0 Å². The van der Waals surface area contributed by atoms with Crippen LogP contribution >= 0.6 is 11.6 Å². The zero-order valence-corrected chi connectivity index (χ0v) is 5.90. The average Bonchev–Trinajstić information content (AvgIpc) is 1.84. The predicted molar refractivity (Wildman–Crippen MR) is 34.6 cm³/mol. The van der Waals surface area contributed by atoms with Crippen molar-refractivity contribution in [2.75, 3.05) is 7.05 Å². The Morgan fingerprint density at radius 2 is 2.22 bits per heavy atom. The Bertz CT molecular complexity index is 155. The van der Waals surface area contributed by atoms with E-state index in [0.29, 0.717) is 5.70 Å². The first-order valence-corrected chi connectivity index (χ1v) is 2.66. The summed E-state index contributed by atoms with van der Waals surface area (Å²) < 4.78 is 0. The van der Waals surface area contributed by atoms with Gasteiger partial charge in [-0.25, -0.2) is 0 Å². The largest absolute Gasteiger partial charge is 0.385 e. The van der Waals surface area contributed by atoms with Crippen LogP contribution in [-0.4, -0.2) is 12.0 Å². The van der Waals surface area contributed by atoms with E-state index in [-0.39, 0.29) is 5.16 Å². The third kappa shape index (κ3) is 2.32. The fourth-order valence-corrected chi connectivity index (χ4v) is 0.335. The van der Waals surface area contributed by atoms with Crippen molar-refractivity contribution in [1.82, 2.24) is 5.32 Å². The van der Waals surface area contributed by atoms with Gasteiger partial charge in [-0.15, -0.1) is 0 Å². The summed E-state index contributed by atoms with van der Waals surface area (Å²) >= 11 is 5.18. The minimum absolute atomic E-state index is 0.363. The molecule has 52 valence electrons. The first-order chi connectivity index (χ1) is 4.09. The van der Waals surface area contributed by atoms with E-state index < -0.39 is 4.92 Å². The second-order valence-electron chi connectivity index (χ2n) is 1.42. The highest BCUT2D eigenvalue weighted by molar-refractivity contribution is 6.28. The molecule has 0 aliphatic rings. The lowest BCUT2D eigenvalue weighted by Gasteiger charge is -1.94. The summed E-state index contributed by atoms with van der Waals surface area (Å²) in [5.74, 6) is 0. The minimum atomic E-state index is -0.645. The monoisotopic (exact) mass is 150 g/mol. The molecule has 0 heterocycles. The molecule has 0 rings (SSSR count). The van der Waals surface area contributed by atoms with Crippen LogP contribution in [0.5, 0.6) is 0 Å². The summed E-state index contributed by atoms with van der Waals surface area (Å²) in [5, 5.41) is 12.1. The molecule has 0 aliphatic carbocycles. The number of nitro groups is 1. The van der Waals surface area contributed by atoms with Crippen LogP contribution in [0.3, 0.4) is 0 Å². The quantitative estimate of drug-likeness (QED) is 0.362. The molecule has 1 N–H and O–H groups in total. The number of hydrogen-bond acceptors (Lipinski definition) is 3. The van der Waals surface area contributed by atoms with E-state index in [0.717, 1.165) is 0 Å². The summed E-state index contributed by atoms with van der Waals surface area (Å²) in [6, 6.07) is 0. The topological polar surface area (TPSA) is 55.2 Å². The number of allylic oxidation sites excluding steroid dienone is 1. The van der Waals surface area contributed by atoms with E-state index in [1.807, 2.05) is 0 Å². The van der Waals surface area contributed by atoms with E-state index in [1.54, 1.807) is 7.05 Å². The molecule has 0 atom stereocenters. The Morgan fingerprint density at radius 1 is 1.78 bits per heavy atom. The lowest BCUT2D eigenvalue weighted by atomic mass is 10.5. The number of halogens is 1. The van der Waals surface area contributed by atoms with Crippen molar-refractivity contribution in [2.24, 2.45) is 0 Å². The molecule has 0 bridgehead atoms. The lowest BCUT2D eigenvalue weighted by molar-refractivity contribution is -0.413. The third-order valence-electron chi connectivity index (χ3n) is 0.845. The van der Waals surface area contributed by atoms with Crippen molar-refractivity contribution >= 4 is 11.6 Å². The van der Waals surface area contributed by atoms with Gasteiger partial charge in [0, 0.05) is 7.05 Å². The van der Waals surface area contributed by atoms with Crippen LogP contribution in [0.4, 0.5) is 0 Å². The normalized spacial score (nSPS) is 12.3. The number of rotatable bonds is 2. The first kappa shape index (κ1) is 8.23. The fraction of sp³-hybridized carbons (Fsp3) is 0.500. The van der Waals surface area contributed by atoms with Gasteiger partial charge in [-0.2, -0.15) is 0 Å². The molecule has 0 aromatic carbocycles. The van der Waals surface area contributed by atoms with E-state index in [9.17, 15) is 10.1 Å². The fourth-order valence-electron chi connectivity index (χ4n) is 0.240. The van der Waals surface area contributed by atoms with Gasteiger partial charge in [0.1, 0.15) is 0 Å². The summed E-state index contributed by atoms with van der Waals surface area (Å²) in [5.41, 5.74) is 0.363. The molecular weight excluding hydrogens is 144 g/mol. The molecule has 0 fully saturated rings. The molecule has 0 aromatic rings. The summed E-state index contributed by atoms with van der Waals surface area (Å²) in [4.78, 5) is 9.23. The maximum absolute atomic E-state index is 9.88. The van der Waals surface area contributed by atoms with Crippen LogP contribution < -0.4 is 5.32 Å². The molecule has 0 radical (unpaired) electrons. The molecule has 0 saturated heterocycles. The van der Waals surface area contributed by atoms with Crippen LogP contribution in [0, 0.1) is 10.1 Å². The van der Waals surface area contributed by atoms with Crippen molar-refractivity contribution < 1.29 is 4.92 Å². The van der Waals surface area contributed by atoms with Crippen LogP contribution in [-0.2, 0) is 0 Å². The van der Waals surface area contributed by atoms with Crippen molar-refractivity contribution in [2.45, 2.75) is 6.92 Å². The van der Waals surface area contributed by atoms with Crippen LogP contribution in [0.25, 0.3) is 0 Å². The van der Waals surface area contributed by atoms with Gasteiger partial charge in [0.05, 0.1) is 10.6 Å². The Balaban J connectivity index is 4.28. The van der Waals surface area contributed by atoms with E-state index >= 15 is 0 Å². The maximum Gasteiger partial charge on any atom is 0.355 e. The van der Waals surface area contributed by atoms with Gasteiger partial charge in [0.25, 0.3) is 0 Å². The van der Waals surface area contributed by atoms with Gasteiger partial charge in [-0.05, 0) is 18.5 Å². The van der Waals surface area contributed by atoms with Crippen LogP contribution in [0.2, 0.25) is 0 Å². The number of nitrogens with zero attached hydrogens (tertiary/aromatic N) is 1. The molecule has 9 heavy (non-hydrogen) atoms. The van der Waals surface area contributed by atoms with Gasteiger partial charge in [0.15, 0.2) is 0 Å². The molecule has 0 aliphatic heterocycles. The van der Waals surface area contributed by atoms with Crippen LogP contribution in [0.15, 0.2) is 10.9 Å². The molecule has 0 spiro atoms. The first-order valence-electron chi connectivity index (χ1n) is 2.28. The van der Waals surface area contributed by atoms with Crippen molar-refractivity contribution in [1.29, 1.82) is 0 Å². The highest BCUT2D eigenvalue weighted by atomic mass is 35.5. The maximum atomic E-state index is 9.88. The Kier molecular flexibility index (Phi) is 3.01. The Morgan fingerprint density at radius 3 is 2.33 bits per heavy atom. The molecule has 5 heteroatoms. The van der Waals surface area contributed by atoms with Gasteiger partial charge < -0.3 is 5.32 Å². The highest BCUT2D eigenvalue weighted by Gasteiger charge is 2.08. The van der Waals surface area contributed by atoms with Gasteiger partial charge in [0.2, 0.25) is 0 Å². The molecule has 0 saturated carbocycles. The predicted octanol–water partition coefficient (Wildman–Crippen LogP) is 0.910. The number of hydrogen-bond donors (Lipinski definition) is 1.